The Labute approximate surface area is 182 Å². The topological polar surface area (TPSA) is 67.9 Å². The van der Waals surface area contributed by atoms with E-state index in [9.17, 15) is 14.0 Å². The van der Waals surface area contributed by atoms with E-state index in [1.54, 1.807) is 19.1 Å². The highest BCUT2D eigenvalue weighted by molar-refractivity contribution is 5.96. The number of carbonyl (C=O) groups is 2. The molecular formula is C24H29FN2O4. The molecule has 0 saturated carbocycles. The molecule has 166 valence electrons. The van der Waals surface area contributed by atoms with Gasteiger partial charge in [0.25, 0.3) is 5.91 Å². The summed E-state index contributed by atoms with van der Waals surface area (Å²) in [5.74, 6) is 1.08. The largest absolute Gasteiger partial charge is 0.497 e. The molecule has 1 aliphatic heterocycles. The molecule has 2 aromatic carbocycles. The Bertz CT molecular complexity index is 888. The van der Waals surface area contributed by atoms with E-state index in [2.05, 4.69) is 5.32 Å². The van der Waals surface area contributed by atoms with Gasteiger partial charge in [-0.3, -0.25) is 9.59 Å². The predicted octanol–water partition coefficient (Wildman–Crippen LogP) is 3.44. The van der Waals surface area contributed by atoms with Crippen molar-refractivity contribution in [1.82, 2.24) is 10.2 Å². The first-order chi connectivity index (χ1) is 15.0. The number of rotatable bonds is 8. The number of halogens is 1. The Morgan fingerprint density at radius 1 is 1.06 bits per heavy atom. The summed E-state index contributed by atoms with van der Waals surface area (Å²) in [5.41, 5.74) is 1.38. The molecule has 1 fully saturated rings. The molecule has 0 bridgehead atoms. The van der Waals surface area contributed by atoms with Crippen molar-refractivity contribution in [2.24, 2.45) is 5.92 Å². The molecule has 0 aromatic heterocycles. The summed E-state index contributed by atoms with van der Waals surface area (Å²) in [6, 6.07) is 11.3. The molecule has 7 heteroatoms. The Morgan fingerprint density at radius 3 is 2.35 bits per heavy atom. The smallest absolute Gasteiger partial charge is 0.251 e. The monoisotopic (exact) mass is 428 g/mol. The Kier molecular flexibility index (Phi) is 7.87. The number of hydrogen-bond donors (Lipinski definition) is 1. The number of aryl methyl sites for hydroxylation is 1. The summed E-state index contributed by atoms with van der Waals surface area (Å²) in [4.78, 5) is 26.3. The van der Waals surface area contributed by atoms with E-state index in [-0.39, 0.29) is 18.0 Å². The molecule has 1 saturated heterocycles. The van der Waals surface area contributed by atoms with Gasteiger partial charge in [0.2, 0.25) is 5.91 Å². The molecule has 0 radical (unpaired) electrons. The fourth-order valence-electron chi connectivity index (χ4n) is 3.85. The lowest BCUT2D eigenvalue weighted by Gasteiger charge is -2.32. The van der Waals surface area contributed by atoms with Gasteiger partial charge < -0.3 is 19.7 Å². The Balaban J connectivity index is 1.42. The molecule has 3 rings (SSSR count). The van der Waals surface area contributed by atoms with Gasteiger partial charge in [0.15, 0.2) is 0 Å². The average molecular weight is 429 g/mol. The quantitative estimate of drug-likeness (QED) is 0.699. The van der Waals surface area contributed by atoms with Gasteiger partial charge in [0.05, 0.1) is 20.8 Å². The van der Waals surface area contributed by atoms with Crippen LogP contribution in [0, 0.1) is 11.7 Å². The van der Waals surface area contributed by atoms with Crippen LogP contribution in [0.2, 0.25) is 0 Å². The van der Waals surface area contributed by atoms with Crippen LogP contribution in [0.1, 0.15) is 35.2 Å². The zero-order valence-corrected chi connectivity index (χ0v) is 18.0. The zero-order chi connectivity index (χ0) is 22.2. The minimum atomic E-state index is -0.478. The molecule has 0 atom stereocenters. The second kappa shape index (κ2) is 10.8. The van der Waals surface area contributed by atoms with Crippen LogP contribution in [0.4, 0.5) is 4.39 Å². The van der Waals surface area contributed by atoms with E-state index in [0.717, 1.165) is 43.2 Å². The summed E-state index contributed by atoms with van der Waals surface area (Å²) in [6.45, 7) is 1.28. The van der Waals surface area contributed by atoms with Crippen molar-refractivity contribution >= 4 is 11.8 Å². The number of carbonyl (C=O) groups excluding carboxylic acids is 2. The van der Waals surface area contributed by atoms with Crippen LogP contribution in [-0.4, -0.2) is 50.6 Å². The second-order valence-corrected chi connectivity index (χ2v) is 7.78. The maximum atomic E-state index is 13.2. The third-order valence-corrected chi connectivity index (χ3v) is 5.71. The molecule has 1 aliphatic rings. The number of hydrogen-bond acceptors (Lipinski definition) is 4. The summed E-state index contributed by atoms with van der Waals surface area (Å²) in [6.07, 6.45) is 3.83. The highest BCUT2D eigenvalue weighted by atomic mass is 19.1. The first kappa shape index (κ1) is 22.6. The number of nitrogens with zero attached hydrogens (tertiary/aromatic N) is 1. The van der Waals surface area contributed by atoms with Crippen LogP contribution < -0.4 is 14.8 Å². The molecule has 6 nitrogen and oxygen atoms in total. The van der Waals surface area contributed by atoms with Crippen LogP contribution in [-0.2, 0) is 11.2 Å². The van der Waals surface area contributed by atoms with E-state index < -0.39 is 11.7 Å². The average Bonchev–Trinajstić information content (AvgIpc) is 2.81. The predicted molar refractivity (Wildman–Crippen MR) is 116 cm³/mol. The van der Waals surface area contributed by atoms with Crippen LogP contribution in [0.15, 0.2) is 42.5 Å². The van der Waals surface area contributed by atoms with Crippen molar-refractivity contribution in [2.45, 2.75) is 25.7 Å². The lowest BCUT2D eigenvalue weighted by Crippen LogP contribution is -2.44. The van der Waals surface area contributed by atoms with Gasteiger partial charge >= 0.3 is 0 Å². The van der Waals surface area contributed by atoms with Gasteiger partial charge in [0.1, 0.15) is 17.3 Å². The summed E-state index contributed by atoms with van der Waals surface area (Å²) in [5, 5.41) is 2.58. The van der Waals surface area contributed by atoms with Gasteiger partial charge in [0, 0.05) is 24.7 Å². The van der Waals surface area contributed by atoms with Gasteiger partial charge in [-0.25, -0.2) is 4.39 Å². The molecule has 1 heterocycles. The van der Waals surface area contributed by atoms with E-state index >= 15 is 0 Å². The minimum absolute atomic E-state index is 0.0797. The summed E-state index contributed by atoms with van der Waals surface area (Å²) in [7, 11) is 3.29. The maximum absolute atomic E-state index is 13.2. The van der Waals surface area contributed by atoms with Gasteiger partial charge in [-0.05, 0) is 67.5 Å². The van der Waals surface area contributed by atoms with E-state index in [4.69, 9.17) is 9.47 Å². The number of piperidine rings is 1. The fraction of sp³-hybridized carbons (Fsp3) is 0.417. The Hall–Kier alpha value is -3.09. The van der Waals surface area contributed by atoms with Crippen LogP contribution in [0.25, 0.3) is 0 Å². The van der Waals surface area contributed by atoms with Crippen molar-refractivity contribution in [3.05, 3.63) is 59.4 Å². The number of benzene rings is 2. The van der Waals surface area contributed by atoms with Gasteiger partial charge in [-0.15, -0.1) is 0 Å². The lowest BCUT2D eigenvalue weighted by molar-refractivity contribution is -0.131. The first-order valence-electron chi connectivity index (χ1n) is 10.5. The fourth-order valence-corrected chi connectivity index (χ4v) is 3.85. The number of likely N-dealkylation sites (tertiary alicyclic amines) is 1. The minimum Gasteiger partial charge on any atom is -0.497 e. The van der Waals surface area contributed by atoms with Crippen molar-refractivity contribution in [2.75, 3.05) is 33.9 Å². The second-order valence-electron chi connectivity index (χ2n) is 7.78. The number of ether oxygens (including phenoxy) is 2. The number of nitrogens with one attached hydrogen (secondary N) is 1. The first-order valence-corrected chi connectivity index (χ1v) is 10.5. The van der Waals surface area contributed by atoms with Gasteiger partial charge in [-0.2, -0.15) is 0 Å². The molecule has 1 N–H and O–H groups in total. The molecule has 2 aromatic rings. The van der Waals surface area contributed by atoms with Crippen LogP contribution >= 0.6 is 0 Å². The summed E-state index contributed by atoms with van der Waals surface area (Å²) < 4.78 is 23.9. The molecule has 0 unspecified atom stereocenters. The van der Waals surface area contributed by atoms with E-state index in [1.807, 2.05) is 18.2 Å². The molecule has 0 spiro atoms. The highest BCUT2D eigenvalue weighted by Crippen LogP contribution is 2.27. The zero-order valence-electron chi connectivity index (χ0n) is 18.0. The lowest BCUT2D eigenvalue weighted by atomic mass is 9.90. The van der Waals surface area contributed by atoms with E-state index in [1.165, 1.54) is 23.8 Å². The third kappa shape index (κ3) is 6.44. The van der Waals surface area contributed by atoms with Crippen molar-refractivity contribution < 1.29 is 23.5 Å². The normalized spacial score (nSPS) is 14.2. The van der Waals surface area contributed by atoms with Crippen molar-refractivity contribution in [3.63, 3.8) is 0 Å². The highest BCUT2D eigenvalue weighted by Gasteiger charge is 2.23. The third-order valence-electron chi connectivity index (χ3n) is 5.71. The number of methoxy groups -OCH3 is 2. The van der Waals surface area contributed by atoms with E-state index in [0.29, 0.717) is 19.0 Å². The molecule has 2 amide bonds. The molecule has 31 heavy (non-hydrogen) atoms. The summed E-state index contributed by atoms with van der Waals surface area (Å²) >= 11 is 0. The van der Waals surface area contributed by atoms with Crippen molar-refractivity contribution in [3.8, 4) is 11.5 Å². The Morgan fingerprint density at radius 2 is 1.74 bits per heavy atom. The standard InChI is InChI=1S/C24H29FN2O4/c1-30-21-12-18(13-22(15-21)31-2)7-6-17-8-10-27(11-9-17)23(28)16-26-24(29)19-4-3-5-20(25)14-19/h3-5,12-15,17H,6-11,16H2,1-2H3,(H,26,29). The van der Waals surface area contributed by atoms with Crippen molar-refractivity contribution in [1.29, 1.82) is 0 Å². The molecular weight excluding hydrogens is 399 g/mol. The van der Waals surface area contributed by atoms with Crippen LogP contribution in [0.5, 0.6) is 11.5 Å². The van der Waals surface area contributed by atoms with Crippen LogP contribution in [0.3, 0.4) is 0 Å². The molecule has 0 aliphatic carbocycles. The SMILES string of the molecule is COc1cc(CCC2CCN(C(=O)CNC(=O)c3cccc(F)c3)CC2)cc(OC)c1. The van der Waals surface area contributed by atoms with Gasteiger partial charge in [-0.1, -0.05) is 6.07 Å². The maximum Gasteiger partial charge on any atom is 0.251 e. The number of amides is 2.